The molecule has 0 radical (unpaired) electrons. The van der Waals surface area contributed by atoms with E-state index in [-0.39, 0.29) is 27.8 Å². The van der Waals surface area contributed by atoms with Crippen LogP contribution in [-0.2, 0) is 0 Å². The Morgan fingerprint density at radius 1 is 1.11 bits per heavy atom. The minimum absolute atomic E-state index is 0. The Bertz CT molecular complexity index is 55.0. The van der Waals surface area contributed by atoms with E-state index in [9.17, 15) is 0 Å². The summed E-state index contributed by atoms with van der Waals surface area (Å²) in [5, 5.41) is 0. The standard InChI is InChI=1S/C6H16NSi.Li/c1-5-7(6-2)8(3)4;/h5-6H2,1-4H3;/q-1;+1. The molecule has 0 aromatic rings. The molecule has 0 heterocycles. The van der Waals surface area contributed by atoms with Gasteiger partial charge in [0.25, 0.3) is 0 Å². The molecule has 0 aliphatic heterocycles. The van der Waals surface area contributed by atoms with Crippen molar-refractivity contribution < 1.29 is 18.9 Å². The topological polar surface area (TPSA) is 3.24 Å². The van der Waals surface area contributed by atoms with Gasteiger partial charge in [0.1, 0.15) is 0 Å². The third-order valence-electron chi connectivity index (χ3n) is 1.40. The molecule has 0 rings (SSSR count). The molecular formula is C6H16LiNSi. The van der Waals surface area contributed by atoms with E-state index in [0.29, 0.717) is 0 Å². The molecule has 3 heteroatoms. The molecule has 0 amide bonds. The van der Waals surface area contributed by atoms with E-state index in [1.165, 1.54) is 13.1 Å². The van der Waals surface area contributed by atoms with Gasteiger partial charge in [-0.2, -0.15) is 22.1 Å². The van der Waals surface area contributed by atoms with E-state index >= 15 is 0 Å². The van der Waals surface area contributed by atoms with Crippen LogP contribution in [0.4, 0.5) is 0 Å². The molecule has 0 aliphatic rings. The van der Waals surface area contributed by atoms with Gasteiger partial charge in [0.2, 0.25) is 0 Å². The zero-order valence-electron chi connectivity index (χ0n) is 7.36. The molecule has 50 valence electrons. The summed E-state index contributed by atoms with van der Waals surface area (Å²) in [6.45, 7) is 11.5. The fourth-order valence-corrected chi connectivity index (χ4v) is 2.12. The van der Waals surface area contributed by atoms with Crippen molar-refractivity contribution in [1.82, 2.24) is 4.57 Å². The second-order valence-corrected chi connectivity index (χ2v) is 4.65. The summed E-state index contributed by atoms with van der Waals surface area (Å²) in [4.78, 5) is 0. The molecule has 0 bridgehead atoms. The molecule has 0 spiro atoms. The minimum Gasteiger partial charge on any atom is -0.476 e. The second kappa shape index (κ2) is 6.89. The molecule has 0 aliphatic carbocycles. The quantitative estimate of drug-likeness (QED) is 0.432. The van der Waals surface area contributed by atoms with Gasteiger partial charge in [-0.1, -0.05) is 13.8 Å². The number of nitrogens with zero attached hydrogens (tertiary/aromatic N) is 1. The molecule has 0 atom stereocenters. The fraction of sp³-hybridized carbons (Fsp3) is 1.00. The molecule has 0 fully saturated rings. The summed E-state index contributed by atoms with van der Waals surface area (Å²) in [6, 6.07) is 0. The maximum Gasteiger partial charge on any atom is 1.00 e. The maximum atomic E-state index is 2.52. The molecule has 0 aromatic heterocycles. The van der Waals surface area contributed by atoms with Crippen LogP contribution >= 0.6 is 0 Å². The van der Waals surface area contributed by atoms with Gasteiger partial charge in [-0.25, -0.2) is 0 Å². The maximum absolute atomic E-state index is 2.52. The number of hydrogen-bond donors (Lipinski definition) is 0. The van der Waals surface area contributed by atoms with Crippen molar-refractivity contribution in [3.63, 3.8) is 0 Å². The first kappa shape index (κ1) is 12.5. The first-order valence-electron chi connectivity index (χ1n) is 3.27. The van der Waals surface area contributed by atoms with Crippen molar-refractivity contribution in [2.75, 3.05) is 13.1 Å². The first-order chi connectivity index (χ1) is 3.72. The Kier molecular flexibility index (Phi) is 9.53. The van der Waals surface area contributed by atoms with E-state index in [0.717, 1.165) is 0 Å². The smallest absolute Gasteiger partial charge is 0.476 e. The van der Waals surface area contributed by atoms with Crippen molar-refractivity contribution in [3.05, 3.63) is 0 Å². The Labute approximate surface area is 72.7 Å². The average Bonchev–Trinajstić information content (AvgIpc) is 1.69. The Morgan fingerprint density at radius 2 is 1.44 bits per heavy atom. The van der Waals surface area contributed by atoms with Crippen LogP contribution in [0.25, 0.3) is 0 Å². The second-order valence-electron chi connectivity index (χ2n) is 2.12. The summed E-state index contributed by atoms with van der Waals surface area (Å²) in [7, 11) is -0.141. The van der Waals surface area contributed by atoms with Gasteiger partial charge in [-0.05, 0) is 13.1 Å². The first-order valence-corrected chi connectivity index (χ1v) is 5.72. The van der Waals surface area contributed by atoms with Crippen LogP contribution in [0.2, 0.25) is 13.1 Å². The largest absolute Gasteiger partial charge is 1.00 e. The van der Waals surface area contributed by atoms with Crippen LogP contribution in [0, 0.1) is 0 Å². The van der Waals surface area contributed by atoms with Gasteiger partial charge < -0.3 is 4.57 Å². The zero-order chi connectivity index (χ0) is 6.57. The van der Waals surface area contributed by atoms with Crippen molar-refractivity contribution in [2.45, 2.75) is 26.9 Å². The molecule has 0 saturated heterocycles. The summed E-state index contributed by atoms with van der Waals surface area (Å²) in [5.74, 6) is 0. The van der Waals surface area contributed by atoms with Gasteiger partial charge in [0, 0.05) is 0 Å². The molecule has 0 aromatic carbocycles. The predicted molar refractivity (Wildman–Crippen MR) is 40.4 cm³/mol. The molecule has 9 heavy (non-hydrogen) atoms. The van der Waals surface area contributed by atoms with Gasteiger partial charge in [0.15, 0.2) is 0 Å². The fourth-order valence-electron chi connectivity index (χ4n) is 0.856. The minimum atomic E-state index is -0.141. The summed E-state index contributed by atoms with van der Waals surface area (Å²) in [5.41, 5.74) is 0. The van der Waals surface area contributed by atoms with Crippen LogP contribution < -0.4 is 18.9 Å². The Hall–Kier alpha value is 0.774. The van der Waals surface area contributed by atoms with E-state index < -0.39 is 0 Å². The van der Waals surface area contributed by atoms with E-state index in [4.69, 9.17) is 0 Å². The van der Waals surface area contributed by atoms with Gasteiger partial charge in [0.05, 0.1) is 0 Å². The van der Waals surface area contributed by atoms with Crippen molar-refractivity contribution in [2.24, 2.45) is 0 Å². The van der Waals surface area contributed by atoms with Crippen LogP contribution in [-0.4, -0.2) is 26.6 Å². The van der Waals surface area contributed by atoms with Gasteiger partial charge in [-0.3, -0.25) is 0 Å². The van der Waals surface area contributed by atoms with Crippen LogP contribution in [0.5, 0.6) is 0 Å². The normalized spacial score (nSPS) is 10.0. The van der Waals surface area contributed by atoms with Crippen LogP contribution in [0.3, 0.4) is 0 Å². The van der Waals surface area contributed by atoms with E-state index in [1.54, 1.807) is 0 Å². The third-order valence-corrected chi connectivity index (χ3v) is 3.29. The zero-order valence-corrected chi connectivity index (χ0v) is 8.36. The monoisotopic (exact) mass is 137 g/mol. The van der Waals surface area contributed by atoms with Crippen LogP contribution in [0.15, 0.2) is 0 Å². The predicted octanol–water partition coefficient (Wildman–Crippen LogP) is -1.42. The van der Waals surface area contributed by atoms with Gasteiger partial charge >= 0.3 is 18.9 Å². The molecule has 0 saturated carbocycles. The molecule has 0 unspecified atom stereocenters. The molecule has 1 nitrogen and oxygen atoms in total. The van der Waals surface area contributed by atoms with E-state index in [1.807, 2.05) is 0 Å². The molecule has 0 N–H and O–H groups in total. The number of hydrogen-bond acceptors (Lipinski definition) is 1. The van der Waals surface area contributed by atoms with Crippen molar-refractivity contribution in [3.8, 4) is 0 Å². The SMILES string of the molecule is CCN(CC)[Si-](C)C.[Li+]. The molecular weight excluding hydrogens is 121 g/mol. The third kappa shape index (κ3) is 5.23. The van der Waals surface area contributed by atoms with Gasteiger partial charge in [-0.15, -0.1) is 0 Å². The van der Waals surface area contributed by atoms with E-state index in [2.05, 4.69) is 31.5 Å². The summed E-state index contributed by atoms with van der Waals surface area (Å²) < 4.78 is 2.52. The average molecular weight is 137 g/mol. The van der Waals surface area contributed by atoms with Crippen molar-refractivity contribution in [1.29, 1.82) is 0 Å². The Balaban J connectivity index is 0. The summed E-state index contributed by atoms with van der Waals surface area (Å²) >= 11 is 0. The van der Waals surface area contributed by atoms with Crippen LogP contribution in [0.1, 0.15) is 13.8 Å². The summed E-state index contributed by atoms with van der Waals surface area (Å²) in [6.07, 6.45) is 0. The van der Waals surface area contributed by atoms with Crippen molar-refractivity contribution >= 4 is 8.96 Å². The Morgan fingerprint density at radius 3 is 1.44 bits per heavy atom. The number of rotatable bonds is 3.